The van der Waals surface area contributed by atoms with Crippen LogP contribution in [-0.2, 0) is 13.6 Å². The van der Waals surface area contributed by atoms with Crippen LogP contribution in [0.1, 0.15) is 11.1 Å². The molecule has 0 aliphatic carbocycles. The monoisotopic (exact) mass is 288 g/mol. The van der Waals surface area contributed by atoms with Crippen LogP contribution >= 0.6 is 12.2 Å². The number of rotatable bonds is 4. The largest absolute Gasteiger partial charge is 0.389 e. The Morgan fingerprint density at radius 3 is 2.95 bits per heavy atom. The lowest BCUT2D eigenvalue weighted by Gasteiger charge is -2.18. The van der Waals surface area contributed by atoms with Crippen LogP contribution in [0.25, 0.3) is 0 Å². The molecule has 2 rings (SSSR count). The number of hydrogen-bond acceptors (Lipinski definition) is 4. The lowest BCUT2D eigenvalue weighted by molar-refractivity contribution is 0.802. The molecular weight excluding hydrogens is 272 g/mol. The van der Waals surface area contributed by atoms with E-state index in [2.05, 4.69) is 4.98 Å². The van der Waals surface area contributed by atoms with Crippen LogP contribution < -0.4 is 16.2 Å². The molecule has 0 atom stereocenters. The lowest BCUT2D eigenvalue weighted by atomic mass is 10.1. The summed E-state index contributed by atoms with van der Waals surface area (Å²) in [6.07, 6.45) is 3.24. The highest BCUT2D eigenvalue weighted by Gasteiger charge is 2.09. The second-order valence-corrected chi connectivity index (χ2v) is 5.03. The highest BCUT2D eigenvalue weighted by molar-refractivity contribution is 7.80. The number of thiocarbonyl (C=S) groups is 1. The van der Waals surface area contributed by atoms with E-state index < -0.39 is 0 Å². The summed E-state index contributed by atoms with van der Waals surface area (Å²) in [6, 6.07) is 7.65. The van der Waals surface area contributed by atoms with Gasteiger partial charge in [-0.05, 0) is 11.6 Å². The topological polar surface area (TPSA) is 64.2 Å². The molecule has 20 heavy (non-hydrogen) atoms. The molecule has 0 aliphatic heterocycles. The molecule has 0 unspecified atom stereocenters. The molecule has 0 fully saturated rings. The zero-order valence-electron chi connectivity index (χ0n) is 11.4. The van der Waals surface area contributed by atoms with E-state index in [-0.39, 0.29) is 5.56 Å². The summed E-state index contributed by atoms with van der Waals surface area (Å²) in [4.78, 5) is 18.3. The van der Waals surface area contributed by atoms with Crippen molar-refractivity contribution in [2.45, 2.75) is 6.54 Å². The molecule has 1 aromatic heterocycles. The van der Waals surface area contributed by atoms with Crippen molar-refractivity contribution in [2.75, 3.05) is 11.9 Å². The van der Waals surface area contributed by atoms with Crippen LogP contribution in [0.4, 0.5) is 5.82 Å². The van der Waals surface area contributed by atoms with Crippen LogP contribution in [0.3, 0.4) is 0 Å². The standard InChI is InChI=1S/C14H16N4OS/c1-17-7-6-16-13(14(17)19)18(2)9-10-4-3-5-11(8-10)12(15)20/h3-8H,9H2,1-2H3,(H2,15,20). The number of aryl methyl sites for hydroxylation is 1. The molecule has 1 aromatic carbocycles. The van der Waals surface area contributed by atoms with Crippen molar-refractivity contribution in [2.24, 2.45) is 12.8 Å². The Morgan fingerprint density at radius 2 is 2.25 bits per heavy atom. The first-order valence-corrected chi connectivity index (χ1v) is 6.51. The number of nitrogens with zero attached hydrogens (tertiary/aromatic N) is 3. The molecule has 0 saturated carbocycles. The molecule has 0 radical (unpaired) electrons. The molecular formula is C14H16N4OS. The number of benzene rings is 1. The summed E-state index contributed by atoms with van der Waals surface area (Å²) >= 11 is 4.97. The zero-order valence-corrected chi connectivity index (χ0v) is 12.2. The van der Waals surface area contributed by atoms with Crippen molar-refractivity contribution in [1.82, 2.24) is 9.55 Å². The van der Waals surface area contributed by atoms with Gasteiger partial charge in [-0.2, -0.15) is 0 Å². The summed E-state index contributed by atoms with van der Waals surface area (Å²) < 4.78 is 1.50. The maximum atomic E-state index is 12.0. The molecule has 0 bridgehead atoms. The third kappa shape index (κ3) is 3.03. The fraction of sp³-hybridized carbons (Fsp3) is 0.214. The summed E-state index contributed by atoms with van der Waals surface area (Å²) in [7, 11) is 3.53. The number of anilines is 1. The molecule has 2 N–H and O–H groups in total. The Balaban J connectivity index is 2.25. The van der Waals surface area contributed by atoms with Crippen molar-refractivity contribution in [3.63, 3.8) is 0 Å². The Morgan fingerprint density at radius 1 is 1.50 bits per heavy atom. The van der Waals surface area contributed by atoms with E-state index >= 15 is 0 Å². The normalized spacial score (nSPS) is 10.3. The highest BCUT2D eigenvalue weighted by Crippen LogP contribution is 2.10. The summed E-state index contributed by atoms with van der Waals surface area (Å²) in [5.41, 5.74) is 7.33. The molecule has 0 amide bonds. The second kappa shape index (κ2) is 5.83. The fourth-order valence-corrected chi connectivity index (χ4v) is 2.05. The Labute approximate surface area is 122 Å². The van der Waals surface area contributed by atoms with Crippen molar-refractivity contribution in [3.05, 3.63) is 58.1 Å². The number of nitrogens with two attached hydrogens (primary N) is 1. The third-order valence-electron chi connectivity index (χ3n) is 2.99. The van der Waals surface area contributed by atoms with Gasteiger partial charge in [0, 0.05) is 38.6 Å². The second-order valence-electron chi connectivity index (χ2n) is 4.59. The Kier molecular flexibility index (Phi) is 4.14. The van der Waals surface area contributed by atoms with E-state index in [4.69, 9.17) is 18.0 Å². The number of hydrogen-bond donors (Lipinski definition) is 1. The minimum absolute atomic E-state index is 0.125. The molecule has 6 heteroatoms. The average Bonchev–Trinajstić information content (AvgIpc) is 2.42. The first-order chi connectivity index (χ1) is 9.49. The molecule has 104 valence electrons. The molecule has 5 nitrogen and oxygen atoms in total. The molecule has 0 spiro atoms. The van der Waals surface area contributed by atoms with E-state index in [1.807, 2.05) is 31.3 Å². The fourth-order valence-electron chi connectivity index (χ4n) is 1.92. The smallest absolute Gasteiger partial charge is 0.293 e. The van der Waals surface area contributed by atoms with Gasteiger partial charge in [-0.15, -0.1) is 0 Å². The highest BCUT2D eigenvalue weighted by atomic mass is 32.1. The molecule has 2 aromatic rings. The Hall–Kier alpha value is -2.21. The minimum atomic E-state index is -0.125. The van der Waals surface area contributed by atoms with Gasteiger partial charge in [-0.25, -0.2) is 4.98 Å². The van der Waals surface area contributed by atoms with E-state index in [0.29, 0.717) is 17.4 Å². The molecule has 0 aliphatic rings. The predicted molar refractivity (Wildman–Crippen MR) is 83.9 cm³/mol. The van der Waals surface area contributed by atoms with Crippen molar-refractivity contribution < 1.29 is 0 Å². The van der Waals surface area contributed by atoms with Gasteiger partial charge in [0.2, 0.25) is 0 Å². The van der Waals surface area contributed by atoms with Crippen molar-refractivity contribution in [3.8, 4) is 0 Å². The quantitative estimate of drug-likeness (QED) is 0.852. The van der Waals surface area contributed by atoms with Crippen LogP contribution in [0, 0.1) is 0 Å². The van der Waals surface area contributed by atoms with Crippen molar-refractivity contribution >= 4 is 23.0 Å². The van der Waals surface area contributed by atoms with Crippen molar-refractivity contribution in [1.29, 1.82) is 0 Å². The van der Waals surface area contributed by atoms with Crippen LogP contribution in [-0.4, -0.2) is 21.6 Å². The summed E-state index contributed by atoms with van der Waals surface area (Å²) in [6.45, 7) is 0.558. The van der Waals surface area contributed by atoms with Gasteiger partial charge in [0.15, 0.2) is 5.82 Å². The van der Waals surface area contributed by atoms with E-state index in [0.717, 1.165) is 11.1 Å². The SMILES string of the molecule is CN(Cc1cccc(C(N)=S)c1)c1nccn(C)c1=O. The molecule has 0 saturated heterocycles. The number of aromatic nitrogens is 2. The van der Waals surface area contributed by atoms with Crippen LogP contribution in [0.15, 0.2) is 41.5 Å². The average molecular weight is 288 g/mol. The minimum Gasteiger partial charge on any atom is -0.389 e. The van der Waals surface area contributed by atoms with Gasteiger partial charge >= 0.3 is 0 Å². The van der Waals surface area contributed by atoms with E-state index in [1.54, 1.807) is 24.3 Å². The first kappa shape index (κ1) is 14.2. The van der Waals surface area contributed by atoms with Crippen LogP contribution in [0.2, 0.25) is 0 Å². The lowest BCUT2D eigenvalue weighted by Crippen LogP contribution is -2.29. The van der Waals surface area contributed by atoms with Gasteiger partial charge in [-0.3, -0.25) is 4.79 Å². The molecule has 1 heterocycles. The van der Waals surface area contributed by atoms with Gasteiger partial charge < -0.3 is 15.2 Å². The zero-order chi connectivity index (χ0) is 14.7. The Bertz CT molecular complexity index is 696. The van der Waals surface area contributed by atoms with Gasteiger partial charge in [-0.1, -0.05) is 30.4 Å². The van der Waals surface area contributed by atoms with Gasteiger partial charge in [0.25, 0.3) is 5.56 Å². The summed E-state index contributed by atoms with van der Waals surface area (Å²) in [5, 5.41) is 0. The van der Waals surface area contributed by atoms with Crippen LogP contribution in [0.5, 0.6) is 0 Å². The third-order valence-corrected chi connectivity index (χ3v) is 3.23. The first-order valence-electron chi connectivity index (χ1n) is 6.10. The maximum Gasteiger partial charge on any atom is 0.293 e. The van der Waals surface area contributed by atoms with E-state index in [1.165, 1.54) is 4.57 Å². The van der Waals surface area contributed by atoms with Gasteiger partial charge in [0.05, 0.1) is 0 Å². The predicted octanol–water partition coefficient (Wildman–Crippen LogP) is 1.05. The summed E-state index contributed by atoms with van der Waals surface area (Å²) in [5.74, 6) is 0.413. The maximum absolute atomic E-state index is 12.0. The van der Waals surface area contributed by atoms with Gasteiger partial charge in [0.1, 0.15) is 4.99 Å². The van der Waals surface area contributed by atoms with E-state index in [9.17, 15) is 4.79 Å².